The summed E-state index contributed by atoms with van der Waals surface area (Å²) in [6, 6.07) is 6.43. The second-order valence-corrected chi connectivity index (χ2v) is 3.84. The highest BCUT2D eigenvalue weighted by molar-refractivity contribution is 5.19. The van der Waals surface area contributed by atoms with Crippen LogP contribution < -0.4 is 5.73 Å². The van der Waals surface area contributed by atoms with Crippen LogP contribution in [0.1, 0.15) is 24.9 Å². The molecule has 0 amide bonds. The monoisotopic (exact) mass is 210 g/mol. The lowest BCUT2D eigenvalue weighted by Gasteiger charge is -2.17. The predicted molar refractivity (Wildman–Crippen MR) is 61.1 cm³/mol. The molecule has 0 fully saturated rings. The van der Waals surface area contributed by atoms with Crippen LogP contribution in [-0.4, -0.2) is 25.0 Å². The van der Waals surface area contributed by atoms with Crippen molar-refractivity contribution in [2.75, 3.05) is 20.1 Å². The highest BCUT2D eigenvalue weighted by Gasteiger charge is 2.06. The zero-order chi connectivity index (χ0) is 11.3. The van der Waals surface area contributed by atoms with Crippen LogP contribution in [0.3, 0.4) is 0 Å². The van der Waals surface area contributed by atoms with E-state index in [0.717, 1.165) is 25.1 Å². The molecule has 0 aromatic heterocycles. The summed E-state index contributed by atoms with van der Waals surface area (Å²) < 4.78 is 12.7. The lowest BCUT2D eigenvalue weighted by Crippen LogP contribution is -2.23. The Labute approximate surface area is 90.9 Å². The minimum Gasteiger partial charge on any atom is -0.324 e. The van der Waals surface area contributed by atoms with Crippen molar-refractivity contribution in [3.8, 4) is 0 Å². The fourth-order valence-electron chi connectivity index (χ4n) is 1.39. The van der Waals surface area contributed by atoms with Gasteiger partial charge >= 0.3 is 0 Å². The van der Waals surface area contributed by atoms with Gasteiger partial charge in [-0.25, -0.2) is 4.39 Å². The van der Waals surface area contributed by atoms with Gasteiger partial charge in [0.1, 0.15) is 5.82 Å². The van der Waals surface area contributed by atoms with Crippen LogP contribution in [0.2, 0.25) is 0 Å². The molecule has 1 aromatic rings. The molecule has 2 nitrogen and oxygen atoms in total. The Kier molecular flexibility index (Phi) is 4.72. The molecule has 0 aliphatic heterocycles. The van der Waals surface area contributed by atoms with Crippen LogP contribution >= 0.6 is 0 Å². The van der Waals surface area contributed by atoms with Gasteiger partial charge in [-0.15, -0.1) is 0 Å². The van der Waals surface area contributed by atoms with E-state index >= 15 is 0 Å². The van der Waals surface area contributed by atoms with Crippen LogP contribution in [0.5, 0.6) is 0 Å². The minimum atomic E-state index is -0.211. The summed E-state index contributed by atoms with van der Waals surface area (Å²) in [5.74, 6) is -0.211. The molecule has 0 aliphatic rings. The van der Waals surface area contributed by atoms with Crippen molar-refractivity contribution < 1.29 is 4.39 Å². The van der Waals surface area contributed by atoms with Gasteiger partial charge in [-0.05, 0) is 44.3 Å². The van der Waals surface area contributed by atoms with E-state index in [9.17, 15) is 4.39 Å². The molecule has 0 spiro atoms. The largest absolute Gasteiger partial charge is 0.324 e. The smallest absolute Gasteiger partial charge is 0.123 e. The third kappa shape index (κ3) is 3.98. The highest BCUT2D eigenvalue weighted by Crippen LogP contribution is 2.14. The summed E-state index contributed by atoms with van der Waals surface area (Å²) in [5.41, 5.74) is 7.00. The molecule has 0 heterocycles. The maximum Gasteiger partial charge on any atom is 0.123 e. The first kappa shape index (κ1) is 12.1. The summed E-state index contributed by atoms with van der Waals surface area (Å²) in [5, 5.41) is 0. The Morgan fingerprint density at radius 3 is 2.47 bits per heavy atom. The molecule has 1 atom stereocenters. The van der Waals surface area contributed by atoms with E-state index < -0.39 is 0 Å². The van der Waals surface area contributed by atoms with Crippen LogP contribution in [0.25, 0.3) is 0 Å². The molecule has 0 saturated carbocycles. The van der Waals surface area contributed by atoms with Crippen molar-refractivity contribution in [1.82, 2.24) is 4.90 Å². The quantitative estimate of drug-likeness (QED) is 0.807. The van der Waals surface area contributed by atoms with E-state index in [-0.39, 0.29) is 11.9 Å². The van der Waals surface area contributed by atoms with Crippen molar-refractivity contribution in [3.63, 3.8) is 0 Å². The summed E-state index contributed by atoms with van der Waals surface area (Å²) in [7, 11) is 2.07. The zero-order valence-electron chi connectivity index (χ0n) is 9.41. The Morgan fingerprint density at radius 2 is 1.93 bits per heavy atom. The fourth-order valence-corrected chi connectivity index (χ4v) is 1.39. The van der Waals surface area contributed by atoms with E-state index in [0.29, 0.717) is 0 Å². The Balaban J connectivity index is 2.46. The average Bonchev–Trinajstić information content (AvgIpc) is 2.26. The SMILES string of the molecule is CCN(C)CCC(N)c1ccc(F)cc1. The maximum absolute atomic E-state index is 12.7. The zero-order valence-corrected chi connectivity index (χ0v) is 9.41. The van der Waals surface area contributed by atoms with E-state index in [4.69, 9.17) is 5.73 Å². The van der Waals surface area contributed by atoms with E-state index in [1.807, 2.05) is 0 Å². The molecule has 0 radical (unpaired) electrons. The fraction of sp³-hybridized carbons (Fsp3) is 0.500. The molecule has 0 aliphatic carbocycles. The van der Waals surface area contributed by atoms with Crippen molar-refractivity contribution in [2.45, 2.75) is 19.4 Å². The van der Waals surface area contributed by atoms with Crippen molar-refractivity contribution >= 4 is 0 Å². The molecular formula is C12H19FN2. The number of halogens is 1. The first-order chi connectivity index (χ1) is 7.13. The average molecular weight is 210 g/mol. The minimum absolute atomic E-state index is 0.000370. The van der Waals surface area contributed by atoms with E-state index in [1.54, 1.807) is 12.1 Å². The third-order valence-corrected chi connectivity index (χ3v) is 2.66. The van der Waals surface area contributed by atoms with Crippen molar-refractivity contribution in [3.05, 3.63) is 35.6 Å². The van der Waals surface area contributed by atoms with Gasteiger partial charge in [0.25, 0.3) is 0 Å². The van der Waals surface area contributed by atoms with Gasteiger partial charge < -0.3 is 10.6 Å². The van der Waals surface area contributed by atoms with Gasteiger partial charge in [-0.1, -0.05) is 19.1 Å². The van der Waals surface area contributed by atoms with Gasteiger partial charge in [0.05, 0.1) is 0 Å². The first-order valence-corrected chi connectivity index (χ1v) is 5.33. The Morgan fingerprint density at radius 1 is 1.33 bits per heavy atom. The summed E-state index contributed by atoms with van der Waals surface area (Å²) >= 11 is 0. The number of hydrogen-bond donors (Lipinski definition) is 1. The highest BCUT2D eigenvalue weighted by atomic mass is 19.1. The number of hydrogen-bond acceptors (Lipinski definition) is 2. The van der Waals surface area contributed by atoms with Crippen LogP contribution in [0.15, 0.2) is 24.3 Å². The summed E-state index contributed by atoms with van der Waals surface area (Å²) in [6.45, 7) is 4.11. The molecule has 1 aromatic carbocycles. The van der Waals surface area contributed by atoms with Crippen molar-refractivity contribution in [2.24, 2.45) is 5.73 Å². The van der Waals surface area contributed by atoms with Gasteiger partial charge in [0, 0.05) is 6.04 Å². The summed E-state index contributed by atoms with van der Waals surface area (Å²) in [4.78, 5) is 2.21. The standard InChI is InChI=1S/C12H19FN2/c1-3-15(2)9-8-12(14)10-4-6-11(13)7-5-10/h4-7,12H,3,8-9,14H2,1-2H3. The molecule has 2 N–H and O–H groups in total. The maximum atomic E-state index is 12.7. The number of benzene rings is 1. The van der Waals surface area contributed by atoms with E-state index in [1.165, 1.54) is 12.1 Å². The lowest BCUT2D eigenvalue weighted by atomic mass is 10.0. The number of rotatable bonds is 5. The molecule has 3 heteroatoms. The van der Waals surface area contributed by atoms with Gasteiger partial charge in [0.2, 0.25) is 0 Å². The summed E-state index contributed by atoms with van der Waals surface area (Å²) in [6.07, 6.45) is 0.899. The molecule has 1 unspecified atom stereocenters. The van der Waals surface area contributed by atoms with Crippen molar-refractivity contribution in [1.29, 1.82) is 0 Å². The van der Waals surface area contributed by atoms with Crippen LogP contribution in [0.4, 0.5) is 4.39 Å². The first-order valence-electron chi connectivity index (χ1n) is 5.33. The predicted octanol–water partition coefficient (Wildman–Crippen LogP) is 2.17. The second-order valence-electron chi connectivity index (χ2n) is 3.84. The molecule has 1 rings (SSSR count). The lowest BCUT2D eigenvalue weighted by molar-refractivity contribution is 0.335. The Hall–Kier alpha value is -0.930. The van der Waals surface area contributed by atoms with E-state index in [2.05, 4.69) is 18.9 Å². The second kappa shape index (κ2) is 5.83. The van der Waals surface area contributed by atoms with Crippen LogP contribution in [0, 0.1) is 5.82 Å². The number of nitrogens with zero attached hydrogens (tertiary/aromatic N) is 1. The van der Waals surface area contributed by atoms with Gasteiger partial charge in [0.15, 0.2) is 0 Å². The topological polar surface area (TPSA) is 29.3 Å². The molecular weight excluding hydrogens is 191 g/mol. The molecule has 0 bridgehead atoms. The molecule has 15 heavy (non-hydrogen) atoms. The number of nitrogens with two attached hydrogens (primary N) is 1. The van der Waals surface area contributed by atoms with Crippen LogP contribution in [-0.2, 0) is 0 Å². The normalized spacial score (nSPS) is 13.1. The molecule has 84 valence electrons. The molecule has 0 saturated heterocycles. The Bertz CT molecular complexity index is 284. The van der Waals surface area contributed by atoms with Gasteiger partial charge in [-0.3, -0.25) is 0 Å². The third-order valence-electron chi connectivity index (χ3n) is 2.66. The van der Waals surface area contributed by atoms with Gasteiger partial charge in [-0.2, -0.15) is 0 Å².